The van der Waals surface area contributed by atoms with E-state index in [1.54, 1.807) is 12.2 Å². The molecule has 0 fully saturated rings. The summed E-state index contributed by atoms with van der Waals surface area (Å²) in [6, 6.07) is -0.912. The third kappa shape index (κ3) is 37.3. The van der Waals surface area contributed by atoms with Crippen LogP contribution >= 0.6 is 7.82 Å². The molecule has 3 atom stereocenters. The van der Waals surface area contributed by atoms with E-state index in [0.29, 0.717) is 17.4 Å². The van der Waals surface area contributed by atoms with Crippen LogP contribution < -0.4 is 10.2 Å². The molecule has 0 aromatic rings. The maximum absolute atomic E-state index is 12.8. The molecule has 0 radical (unpaired) electrons. The van der Waals surface area contributed by atoms with Crippen molar-refractivity contribution in [1.82, 2.24) is 5.32 Å². The lowest BCUT2D eigenvalue weighted by molar-refractivity contribution is -0.870. The first kappa shape index (κ1) is 51.0. The summed E-state index contributed by atoms with van der Waals surface area (Å²) < 4.78 is 23.1. The van der Waals surface area contributed by atoms with E-state index in [2.05, 4.69) is 25.2 Å². The standard InChI is InChI=1S/C43H85N2O6P/c1-6-8-10-12-14-16-17-18-19-20-21-22-23-24-25-26-27-29-31-33-35-37-43(47)44-41(40-51-52(48,49)50-39-38-45(3,4)5)42(46)36-34-32-30-28-15-13-11-9-7-2/h30,32,34,36,41-42,46H,6-29,31,33,35,37-40H2,1-5H3,(H-,44,47,48,49)/b32-30+,36-34+/t41-,42+/m0/s1. The maximum Gasteiger partial charge on any atom is 0.268 e. The number of aliphatic hydroxyl groups excluding tert-OH is 1. The number of phosphoric ester groups is 1. The molecule has 0 aliphatic rings. The SMILES string of the molecule is CCCCCCC/C=C/C=C/[C@@H](O)[C@H](COP(=O)([O-])OCC[N+](C)(C)C)NC(=O)CCCCCCCCCCCCCCCCCCCCCCC. The maximum atomic E-state index is 12.8. The van der Waals surface area contributed by atoms with Crippen LogP contribution in [0.3, 0.4) is 0 Å². The Labute approximate surface area is 322 Å². The van der Waals surface area contributed by atoms with E-state index < -0.39 is 26.6 Å². The predicted octanol–water partition coefficient (Wildman–Crippen LogP) is 11.1. The van der Waals surface area contributed by atoms with Crippen LogP contribution in [0.25, 0.3) is 0 Å². The largest absolute Gasteiger partial charge is 0.756 e. The van der Waals surface area contributed by atoms with E-state index in [1.807, 2.05) is 27.2 Å². The summed E-state index contributed by atoms with van der Waals surface area (Å²) in [5.41, 5.74) is 0. The fourth-order valence-corrected chi connectivity index (χ4v) is 6.93. The first-order valence-corrected chi connectivity index (χ1v) is 23.2. The minimum absolute atomic E-state index is 0.00747. The van der Waals surface area contributed by atoms with Crippen molar-refractivity contribution in [3.05, 3.63) is 24.3 Å². The van der Waals surface area contributed by atoms with Crippen LogP contribution in [0, 0.1) is 0 Å². The van der Waals surface area contributed by atoms with E-state index in [4.69, 9.17) is 9.05 Å². The number of hydrogen-bond donors (Lipinski definition) is 2. The summed E-state index contributed by atoms with van der Waals surface area (Å²) in [6.07, 6.45) is 41.1. The Kier molecular flexibility index (Phi) is 35.0. The lowest BCUT2D eigenvalue weighted by Gasteiger charge is -2.29. The normalized spacial score (nSPS) is 14.7. The van der Waals surface area contributed by atoms with E-state index in [9.17, 15) is 19.4 Å². The van der Waals surface area contributed by atoms with Gasteiger partial charge in [0.15, 0.2) is 0 Å². The third-order valence-electron chi connectivity index (χ3n) is 9.72. The van der Waals surface area contributed by atoms with E-state index >= 15 is 0 Å². The second-order valence-corrected chi connectivity index (χ2v) is 17.5. The van der Waals surface area contributed by atoms with Crippen LogP contribution in [0.2, 0.25) is 0 Å². The highest BCUT2D eigenvalue weighted by Crippen LogP contribution is 2.38. The molecule has 0 rings (SSSR count). The quantitative estimate of drug-likeness (QED) is 0.0280. The van der Waals surface area contributed by atoms with Gasteiger partial charge < -0.3 is 28.8 Å². The molecule has 0 saturated carbocycles. The van der Waals surface area contributed by atoms with Crippen LogP contribution in [-0.2, 0) is 18.4 Å². The van der Waals surface area contributed by atoms with Gasteiger partial charge in [-0.05, 0) is 19.3 Å². The van der Waals surface area contributed by atoms with Crippen molar-refractivity contribution >= 4 is 13.7 Å². The van der Waals surface area contributed by atoms with Crippen molar-refractivity contribution < 1.29 is 32.9 Å². The van der Waals surface area contributed by atoms with Crippen molar-refractivity contribution in [2.45, 2.75) is 206 Å². The summed E-state index contributed by atoms with van der Waals surface area (Å²) in [5.74, 6) is -0.215. The fraction of sp³-hybridized carbons (Fsp3) is 0.884. The molecule has 0 spiro atoms. The van der Waals surface area contributed by atoms with Crippen molar-refractivity contribution in [2.75, 3.05) is 40.9 Å². The van der Waals surface area contributed by atoms with Gasteiger partial charge in [0.1, 0.15) is 13.2 Å². The first-order chi connectivity index (χ1) is 25.0. The lowest BCUT2D eigenvalue weighted by atomic mass is 10.0. The number of nitrogens with zero attached hydrogens (tertiary/aromatic N) is 1. The Hall–Kier alpha value is -1.02. The Morgan fingerprint density at radius 2 is 1.10 bits per heavy atom. The summed E-state index contributed by atoms with van der Waals surface area (Å²) in [6.45, 7) is 4.57. The molecular weight excluding hydrogens is 671 g/mol. The smallest absolute Gasteiger partial charge is 0.268 e. The molecular formula is C43H85N2O6P. The molecule has 308 valence electrons. The van der Waals surface area contributed by atoms with Gasteiger partial charge in [-0.15, -0.1) is 0 Å². The highest BCUT2D eigenvalue weighted by molar-refractivity contribution is 7.45. The fourth-order valence-electron chi connectivity index (χ4n) is 6.21. The Morgan fingerprint density at radius 1 is 0.673 bits per heavy atom. The third-order valence-corrected chi connectivity index (χ3v) is 10.7. The van der Waals surface area contributed by atoms with E-state index in [0.717, 1.165) is 32.1 Å². The average Bonchev–Trinajstić information content (AvgIpc) is 3.09. The second kappa shape index (κ2) is 35.7. The van der Waals surface area contributed by atoms with Crippen molar-refractivity contribution in [2.24, 2.45) is 0 Å². The number of carbonyl (C=O) groups is 1. The number of carbonyl (C=O) groups excluding carboxylic acids is 1. The Morgan fingerprint density at radius 3 is 1.54 bits per heavy atom. The minimum atomic E-state index is -4.59. The summed E-state index contributed by atoms with van der Waals surface area (Å²) in [5, 5.41) is 13.6. The molecule has 9 heteroatoms. The van der Waals surface area contributed by atoms with Gasteiger partial charge >= 0.3 is 0 Å². The highest BCUT2D eigenvalue weighted by Gasteiger charge is 2.23. The molecule has 1 amide bonds. The predicted molar refractivity (Wildman–Crippen MR) is 219 cm³/mol. The van der Waals surface area contributed by atoms with Crippen molar-refractivity contribution in [3.8, 4) is 0 Å². The molecule has 0 aliphatic carbocycles. The zero-order valence-electron chi connectivity index (χ0n) is 34.8. The van der Waals surface area contributed by atoms with Crippen LogP contribution in [0.4, 0.5) is 0 Å². The van der Waals surface area contributed by atoms with Crippen molar-refractivity contribution in [3.63, 3.8) is 0 Å². The number of nitrogens with one attached hydrogen (secondary N) is 1. The number of aliphatic hydroxyl groups is 1. The van der Waals surface area contributed by atoms with Gasteiger partial charge in [-0.1, -0.05) is 192 Å². The van der Waals surface area contributed by atoms with Gasteiger partial charge in [0.2, 0.25) is 5.91 Å². The number of allylic oxidation sites excluding steroid dienone is 3. The number of hydrogen-bond acceptors (Lipinski definition) is 6. The van der Waals surface area contributed by atoms with Crippen LogP contribution in [0.15, 0.2) is 24.3 Å². The number of rotatable bonds is 39. The Bertz CT molecular complexity index is 907. The molecule has 0 bridgehead atoms. The number of phosphoric acid groups is 1. The van der Waals surface area contributed by atoms with Crippen LogP contribution in [-0.4, -0.2) is 68.5 Å². The highest BCUT2D eigenvalue weighted by atomic mass is 31.2. The second-order valence-electron chi connectivity index (χ2n) is 16.1. The molecule has 8 nitrogen and oxygen atoms in total. The molecule has 52 heavy (non-hydrogen) atoms. The minimum Gasteiger partial charge on any atom is -0.756 e. The molecule has 0 heterocycles. The van der Waals surface area contributed by atoms with E-state index in [-0.39, 0.29) is 12.5 Å². The molecule has 0 aromatic carbocycles. The molecule has 1 unspecified atom stereocenters. The van der Waals surface area contributed by atoms with Gasteiger partial charge in [-0.25, -0.2) is 0 Å². The molecule has 0 saturated heterocycles. The zero-order chi connectivity index (χ0) is 38.6. The number of amides is 1. The number of unbranched alkanes of at least 4 members (excludes halogenated alkanes) is 25. The van der Waals surface area contributed by atoms with Crippen LogP contribution in [0.5, 0.6) is 0 Å². The topological polar surface area (TPSA) is 108 Å². The zero-order valence-corrected chi connectivity index (χ0v) is 35.7. The monoisotopic (exact) mass is 757 g/mol. The summed E-state index contributed by atoms with van der Waals surface area (Å²) in [4.78, 5) is 25.2. The average molecular weight is 757 g/mol. The molecule has 2 N–H and O–H groups in total. The van der Waals surface area contributed by atoms with Gasteiger partial charge in [-0.2, -0.15) is 0 Å². The number of quaternary nitrogens is 1. The summed E-state index contributed by atoms with van der Waals surface area (Å²) >= 11 is 0. The Balaban J connectivity index is 4.25. The van der Waals surface area contributed by atoms with E-state index in [1.165, 1.54) is 141 Å². The molecule has 0 aliphatic heterocycles. The number of likely N-dealkylation sites (N-methyl/N-ethyl adjacent to an activating group) is 1. The van der Waals surface area contributed by atoms with Gasteiger partial charge in [0, 0.05) is 6.42 Å². The van der Waals surface area contributed by atoms with Gasteiger partial charge in [0.05, 0.1) is 39.9 Å². The van der Waals surface area contributed by atoms with Gasteiger partial charge in [0.25, 0.3) is 7.82 Å². The van der Waals surface area contributed by atoms with Crippen LogP contribution in [0.1, 0.15) is 194 Å². The molecule has 0 aromatic heterocycles. The lowest BCUT2D eigenvalue weighted by Crippen LogP contribution is -2.45. The first-order valence-electron chi connectivity index (χ1n) is 21.7. The summed E-state index contributed by atoms with van der Waals surface area (Å²) in [7, 11) is 1.24. The van der Waals surface area contributed by atoms with Crippen molar-refractivity contribution in [1.29, 1.82) is 0 Å². The van der Waals surface area contributed by atoms with Gasteiger partial charge in [-0.3, -0.25) is 9.36 Å².